The van der Waals surface area contributed by atoms with E-state index in [1.807, 2.05) is 0 Å². The van der Waals surface area contributed by atoms with Gasteiger partial charge in [-0.05, 0) is 12.1 Å². The van der Waals surface area contributed by atoms with Crippen LogP contribution < -0.4 is 10.9 Å². The molecule has 0 bridgehead atoms. The van der Waals surface area contributed by atoms with Crippen molar-refractivity contribution in [2.24, 2.45) is 0 Å². The van der Waals surface area contributed by atoms with Gasteiger partial charge in [-0.1, -0.05) is 0 Å². The lowest BCUT2D eigenvalue weighted by atomic mass is 10.2. The smallest absolute Gasteiger partial charge is 0.273 e. The van der Waals surface area contributed by atoms with Crippen molar-refractivity contribution in [3.63, 3.8) is 0 Å². The third-order valence-corrected chi connectivity index (χ3v) is 1.58. The molecule has 1 aromatic rings. The van der Waals surface area contributed by atoms with Crippen molar-refractivity contribution < 1.29 is 19.8 Å². The molecule has 80 valence electrons. The molecule has 2 amide bonds. The minimum Gasteiger partial charge on any atom is -0.508 e. The van der Waals surface area contributed by atoms with E-state index in [1.165, 1.54) is 19.1 Å². The van der Waals surface area contributed by atoms with Crippen molar-refractivity contribution in [2.75, 3.05) is 0 Å². The van der Waals surface area contributed by atoms with Gasteiger partial charge in [0, 0.05) is 13.0 Å². The fourth-order valence-electron chi connectivity index (χ4n) is 0.924. The van der Waals surface area contributed by atoms with Crippen LogP contribution in [0.25, 0.3) is 0 Å². The van der Waals surface area contributed by atoms with Crippen LogP contribution in [0.5, 0.6) is 11.5 Å². The molecule has 1 aromatic carbocycles. The lowest BCUT2D eigenvalue weighted by molar-refractivity contribution is -0.119. The summed E-state index contributed by atoms with van der Waals surface area (Å²) in [5.41, 5.74) is 4.11. The normalized spacial score (nSPS) is 9.40. The number of benzene rings is 1. The zero-order chi connectivity index (χ0) is 11.4. The second kappa shape index (κ2) is 4.32. The van der Waals surface area contributed by atoms with E-state index in [4.69, 9.17) is 5.11 Å². The molecular weight excluding hydrogens is 200 g/mol. The average molecular weight is 210 g/mol. The number of aromatic hydroxyl groups is 2. The van der Waals surface area contributed by atoms with Crippen LogP contribution >= 0.6 is 0 Å². The van der Waals surface area contributed by atoms with E-state index in [-0.39, 0.29) is 17.1 Å². The SMILES string of the molecule is CC(=O)NNC(=O)c1ccc(O)cc1O. The summed E-state index contributed by atoms with van der Waals surface area (Å²) in [5, 5.41) is 18.3. The number of carbonyl (C=O) groups excluding carboxylic acids is 2. The molecule has 0 heterocycles. The number of amides is 2. The van der Waals surface area contributed by atoms with Crippen LogP contribution in [0.15, 0.2) is 18.2 Å². The molecule has 0 atom stereocenters. The van der Waals surface area contributed by atoms with Gasteiger partial charge in [0.1, 0.15) is 11.5 Å². The Balaban J connectivity index is 2.78. The molecule has 0 saturated carbocycles. The first kappa shape index (κ1) is 10.8. The molecule has 0 aliphatic heterocycles. The Hall–Kier alpha value is -2.24. The number of hydrazine groups is 1. The predicted molar refractivity (Wildman–Crippen MR) is 51.1 cm³/mol. The van der Waals surface area contributed by atoms with E-state index in [0.717, 1.165) is 6.07 Å². The third kappa shape index (κ3) is 2.87. The standard InChI is InChI=1S/C9H10N2O4/c1-5(12)10-11-9(15)7-3-2-6(13)4-8(7)14/h2-4,13-14H,1H3,(H,10,12)(H,11,15). The van der Waals surface area contributed by atoms with E-state index in [1.54, 1.807) is 0 Å². The molecule has 0 unspecified atom stereocenters. The number of phenolic OH excluding ortho intramolecular Hbond substituents is 2. The lowest BCUT2D eigenvalue weighted by Crippen LogP contribution is -2.40. The molecule has 4 N–H and O–H groups in total. The molecule has 0 spiro atoms. The highest BCUT2D eigenvalue weighted by molar-refractivity contribution is 5.97. The van der Waals surface area contributed by atoms with Gasteiger partial charge >= 0.3 is 0 Å². The Morgan fingerprint density at radius 3 is 2.40 bits per heavy atom. The highest BCUT2D eigenvalue weighted by Gasteiger charge is 2.11. The maximum atomic E-state index is 11.3. The van der Waals surface area contributed by atoms with Crippen LogP contribution in [-0.4, -0.2) is 22.0 Å². The Morgan fingerprint density at radius 2 is 1.87 bits per heavy atom. The number of phenols is 2. The molecule has 15 heavy (non-hydrogen) atoms. The van der Waals surface area contributed by atoms with Crippen LogP contribution in [0.3, 0.4) is 0 Å². The fraction of sp³-hybridized carbons (Fsp3) is 0.111. The monoisotopic (exact) mass is 210 g/mol. The number of hydrogen-bond donors (Lipinski definition) is 4. The van der Waals surface area contributed by atoms with Gasteiger partial charge in [-0.15, -0.1) is 0 Å². The topological polar surface area (TPSA) is 98.7 Å². The van der Waals surface area contributed by atoms with Crippen molar-refractivity contribution in [1.29, 1.82) is 0 Å². The second-order valence-electron chi connectivity index (χ2n) is 2.84. The van der Waals surface area contributed by atoms with Gasteiger partial charge in [0.15, 0.2) is 0 Å². The number of rotatable bonds is 1. The highest BCUT2D eigenvalue weighted by atomic mass is 16.3. The summed E-state index contributed by atoms with van der Waals surface area (Å²) >= 11 is 0. The van der Waals surface area contributed by atoms with E-state index < -0.39 is 11.8 Å². The number of hydrogen-bond acceptors (Lipinski definition) is 4. The average Bonchev–Trinajstić information content (AvgIpc) is 2.14. The Labute approximate surface area is 85.5 Å². The third-order valence-electron chi connectivity index (χ3n) is 1.58. The zero-order valence-electron chi connectivity index (χ0n) is 7.94. The van der Waals surface area contributed by atoms with Crippen molar-refractivity contribution in [3.8, 4) is 11.5 Å². The molecule has 6 heteroatoms. The van der Waals surface area contributed by atoms with E-state index in [9.17, 15) is 14.7 Å². The van der Waals surface area contributed by atoms with Crippen LogP contribution in [0, 0.1) is 0 Å². The summed E-state index contributed by atoms with van der Waals surface area (Å²) in [6.07, 6.45) is 0. The minimum absolute atomic E-state index is 0.0402. The van der Waals surface area contributed by atoms with Gasteiger partial charge in [-0.3, -0.25) is 20.4 Å². The quantitative estimate of drug-likeness (QED) is 0.485. The van der Waals surface area contributed by atoms with Crippen molar-refractivity contribution in [2.45, 2.75) is 6.92 Å². The Morgan fingerprint density at radius 1 is 1.20 bits per heavy atom. The molecule has 1 rings (SSSR count). The van der Waals surface area contributed by atoms with Crippen LogP contribution in [-0.2, 0) is 4.79 Å². The van der Waals surface area contributed by atoms with E-state index in [2.05, 4.69) is 10.9 Å². The second-order valence-corrected chi connectivity index (χ2v) is 2.84. The number of carbonyl (C=O) groups is 2. The summed E-state index contributed by atoms with van der Waals surface area (Å²) in [5.74, 6) is -1.61. The van der Waals surface area contributed by atoms with Gasteiger partial charge < -0.3 is 10.2 Å². The lowest BCUT2D eigenvalue weighted by Gasteiger charge is -2.06. The summed E-state index contributed by atoms with van der Waals surface area (Å²) in [6.45, 7) is 1.23. The maximum absolute atomic E-state index is 11.3. The molecule has 6 nitrogen and oxygen atoms in total. The van der Waals surface area contributed by atoms with Crippen molar-refractivity contribution in [1.82, 2.24) is 10.9 Å². The molecule has 0 aliphatic rings. The molecular formula is C9H10N2O4. The first-order valence-electron chi connectivity index (χ1n) is 4.09. The highest BCUT2D eigenvalue weighted by Crippen LogP contribution is 2.21. The summed E-state index contributed by atoms with van der Waals surface area (Å²) in [4.78, 5) is 21.8. The minimum atomic E-state index is -0.664. The van der Waals surface area contributed by atoms with E-state index >= 15 is 0 Å². The van der Waals surface area contributed by atoms with Crippen molar-refractivity contribution >= 4 is 11.8 Å². The fourth-order valence-corrected chi connectivity index (χ4v) is 0.924. The van der Waals surface area contributed by atoms with Crippen LogP contribution in [0.4, 0.5) is 0 Å². The molecule has 0 radical (unpaired) electrons. The predicted octanol–water partition coefficient (Wildman–Crippen LogP) is -0.121. The van der Waals surface area contributed by atoms with Gasteiger partial charge in [-0.2, -0.15) is 0 Å². The summed E-state index contributed by atoms with van der Waals surface area (Å²) in [7, 11) is 0. The largest absolute Gasteiger partial charge is 0.508 e. The van der Waals surface area contributed by atoms with Crippen LogP contribution in [0.2, 0.25) is 0 Å². The first-order valence-corrected chi connectivity index (χ1v) is 4.09. The summed E-state index contributed by atoms with van der Waals surface area (Å²) in [6, 6.07) is 3.52. The Kier molecular flexibility index (Phi) is 3.12. The molecule has 0 aromatic heterocycles. The maximum Gasteiger partial charge on any atom is 0.273 e. The Bertz CT molecular complexity index is 403. The van der Waals surface area contributed by atoms with Gasteiger partial charge in [0.05, 0.1) is 5.56 Å². The first-order chi connectivity index (χ1) is 7.00. The molecule has 0 saturated heterocycles. The summed E-state index contributed by atoms with van der Waals surface area (Å²) < 4.78 is 0. The molecule has 0 fully saturated rings. The molecule has 0 aliphatic carbocycles. The van der Waals surface area contributed by atoms with E-state index in [0.29, 0.717) is 0 Å². The van der Waals surface area contributed by atoms with Gasteiger partial charge in [-0.25, -0.2) is 0 Å². The van der Waals surface area contributed by atoms with Crippen molar-refractivity contribution in [3.05, 3.63) is 23.8 Å². The zero-order valence-corrected chi connectivity index (χ0v) is 7.94. The van der Waals surface area contributed by atoms with Gasteiger partial charge in [0.25, 0.3) is 5.91 Å². The van der Waals surface area contributed by atoms with Gasteiger partial charge in [0.2, 0.25) is 5.91 Å². The number of nitrogens with one attached hydrogen (secondary N) is 2. The van der Waals surface area contributed by atoms with Crippen LogP contribution in [0.1, 0.15) is 17.3 Å².